The van der Waals surface area contributed by atoms with Gasteiger partial charge in [-0.05, 0) is 12.5 Å². The normalized spacial score (nSPS) is 10.4. The Balaban J connectivity index is 2.05. The SMILES string of the molecule is Nc1ccn(CC(=O)NCCCOCCO)n1. The Morgan fingerprint density at radius 2 is 2.41 bits per heavy atom. The van der Waals surface area contributed by atoms with Crippen LogP contribution in [0.3, 0.4) is 0 Å². The van der Waals surface area contributed by atoms with Crippen molar-refractivity contribution < 1.29 is 14.6 Å². The van der Waals surface area contributed by atoms with Crippen molar-refractivity contribution in [2.45, 2.75) is 13.0 Å². The molecule has 0 fully saturated rings. The summed E-state index contributed by atoms with van der Waals surface area (Å²) in [6.45, 7) is 1.58. The molecule has 0 bridgehead atoms. The maximum absolute atomic E-state index is 11.4. The first-order chi connectivity index (χ1) is 8.22. The fourth-order valence-electron chi connectivity index (χ4n) is 1.24. The number of carbonyl (C=O) groups excluding carboxylic acids is 1. The molecule has 1 rings (SSSR count). The summed E-state index contributed by atoms with van der Waals surface area (Å²) in [5.74, 6) is 0.283. The van der Waals surface area contributed by atoms with E-state index in [-0.39, 0.29) is 19.1 Å². The third kappa shape index (κ3) is 5.88. The summed E-state index contributed by atoms with van der Waals surface area (Å²) >= 11 is 0. The van der Waals surface area contributed by atoms with Crippen LogP contribution in [0, 0.1) is 0 Å². The van der Waals surface area contributed by atoms with Crippen molar-refractivity contribution in [1.82, 2.24) is 15.1 Å². The zero-order chi connectivity index (χ0) is 12.5. The van der Waals surface area contributed by atoms with Gasteiger partial charge in [0.15, 0.2) is 0 Å². The second-order valence-electron chi connectivity index (χ2n) is 3.48. The number of aromatic nitrogens is 2. The highest BCUT2D eigenvalue weighted by Crippen LogP contribution is 1.94. The van der Waals surface area contributed by atoms with Gasteiger partial charge in [-0.25, -0.2) is 0 Å². The lowest BCUT2D eigenvalue weighted by Gasteiger charge is -2.05. The van der Waals surface area contributed by atoms with Crippen LogP contribution < -0.4 is 11.1 Å². The molecule has 0 saturated carbocycles. The maximum atomic E-state index is 11.4. The molecule has 0 atom stereocenters. The van der Waals surface area contributed by atoms with Crippen LogP contribution in [0.5, 0.6) is 0 Å². The van der Waals surface area contributed by atoms with Gasteiger partial charge in [-0.1, -0.05) is 0 Å². The van der Waals surface area contributed by atoms with Crippen molar-refractivity contribution in [3.05, 3.63) is 12.3 Å². The van der Waals surface area contributed by atoms with Crippen molar-refractivity contribution in [1.29, 1.82) is 0 Å². The van der Waals surface area contributed by atoms with Crippen molar-refractivity contribution in [3.63, 3.8) is 0 Å². The van der Waals surface area contributed by atoms with Gasteiger partial charge in [0.1, 0.15) is 12.4 Å². The average molecular weight is 242 g/mol. The van der Waals surface area contributed by atoms with Gasteiger partial charge < -0.3 is 20.9 Å². The van der Waals surface area contributed by atoms with Crippen LogP contribution in [0.15, 0.2) is 12.3 Å². The molecule has 0 aromatic carbocycles. The number of hydrogen-bond acceptors (Lipinski definition) is 5. The Morgan fingerprint density at radius 3 is 3.06 bits per heavy atom. The lowest BCUT2D eigenvalue weighted by Crippen LogP contribution is -2.29. The van der Waals surface area contributed by atoms with E-state index in [2.05, 4.69) is 10.4 Å². The molecule has 1 aromatic rings. The van der Waals surface area contributed by atoms with E-state index in [4.69, 9.17) is 15.6 Å². The number of nitrogens with two attached hydrogens (primary N) is 1. The standard InChI is InChI=1S/C10H18N4O3/c11-9-2-4-14(13-9)8-10(16)12-3-1-6-17-7-5-15/h2,4,15H,1,3,5-8H2,(H2,11,13)(H,12,16). The molecule has 0 aliphatic carbocycles. The predicted molar refractivity (Wildman–Crippen MR) is 62.2 cm³/mol. The summed E-state index contributed by atoms with van der Waals surface area (Å²) < 4.78 is 6.53. The second kappa shape index (κ2) is 7.64. The van der Waals surface area contributed by atoms with Gasteiger partial charge in [-0.2, -0.15) is 5.10 Å². The molecule has 4 N–H and O–H groups in total. The number of nitrogens with one attached hydrogen (secondary N) is 1. The number of rotatable bonds is 8. The van der Waals surface area contributed by atoms with E-state index in [1.807, 2.05) is 0 Å². The Hall–Kier alpha value is -1.60. The molecular weight excluding hydrogens is 224 g/mol. The first-order valence-electron chi connectivity index (χ1n) is 5.46. The summed E-state index contributed by atoms with van der Waals surface area (Å²) in [7, 11) is 0. The van der Waals surface area contributed by atoms with Crippen LogP contribution in [0.1, 0.15) is 6.42 Å². The largest absolute Gasteiger partial charge is 0.394 e. The second-order valence-corrected chi connectivity index (χ2v) is 3.48. The zero-order valence-electron chi connectivity index (χ0n) is 9.63. The molecular formula is C10H18N4O3. The van der Waals surface area contributed by atoms with Gasteiger partial charge in [0, 0.05) is 19.3 Å². The zero-order valence-corrected chi connectivity index (χ0v) is 9.63. The molecule has 7 heteroatoms. The summed E-state index contributed by atoms with van der Waals surface area (Å²) in [4.78, 5) is 11.4. The van der Waals surface area contributed by atoms with Crippen LogP contribution in [0.4, 0.5) is 5.82 Å². The van der Waals surface area contributed by atoms with Crippen molar-refractivity contribution >= 4 is 11.7 Å². The van der Waals surface area contributed by atoms with Crippen molar-refractivity contribution in [3.8, 4) is 0 Å². The number of aliphatic hydroxyl groups is 1. The van der Waals surface area contributed by atoms with E-state index < -0.39 is 0 Å². The number of ether oxygens (including phenoxy) is 1. The number of carbonyl (C=O) groups is 1. The summed E-state index contributed by atoms with van der Waals surface area (Å²) in [5.41, 5.74) is 5.42. The smallest absolute Gasteiger partial charge is 0.241 e. The number of nitrogen functional groups attached to an aromatic ring is 1. The van der Waals surface area contributed by atoms with Crippen LogP contribution in [0.2, 0.25) is 0 Å². The van der Waals surface area contributed by atoms with Gasteiger partial charge in [0.25, 0.3) is 0 Å². The molecule has 7 nitrogen and oxygen atoms in total. The molecule has 1 aromatic heterocycles. The fraction of sp³-hybridized carbons (Fsp3) is 0.600. The molecule has 96 valence electrons. The minimum Gasteiger partial charge on any atom is -0.394 e. The van der Waals surface area contributed by atoms with E-state index in [0.29, 0.717) is 32.0 Å². The molecule has 0 aliphatic rings. The van der Waals surface area contributed by atoms with Crippen LogP contribution in [-0.4, -0.2) is 47.2 Å². The van der Waals surface area contributed by atoms with Gasteiger partial charge >= 0.3 is 0 Å². The predicted octanol–water partition coefficient (Wildman–Crippen LogP) is -1.02. The highest BCUT2D eigenvalue weighted by molar-refractivity contribution is 5.75. The van der Waals surface area contributed by atoms with Crippen LogP contribution in [0.25, 0.3) is 0 Å². The third-order valence-electron chi connectivity index (χ3n) is 1.99. The van der Waals surface area contributed by atoms with E-state index in [1.54, 1.807) is 12.3 Å². The first kappa shape index (κ1) is 13.5. The van der Waals surface area contributed by atoms with Gasteiger partial charge in [-0.3, -0.25) is 9.48 Å². The molecule has 0 unspecified atom stereocenters. The molecule has 0 aliphatic heterocycles. The molecule has 0 saturated heterocycles. The maximum Gasteiger partial charge on any atom is 0.241 e. The van der Waals surface area contributed by atoms with E-state index in [1.165, 1.54) is 4.68 Å². The third-order valence-corrected chi connectivity index (χ3v) is 1.99. The lowest BCUT2D eigenvalue weighted by atomic mass is 10.4. The van der Waals surface area contributed by atoms with E-state index in [9.17, 15) is 4.79 Å². The summed E-state index contributed by atoms with van der Waals surface area (Å²) in [6, 6.07) is 1.63. The number of hydrogen-bond donors (Lipinski definition) is 3. The number of aliphatic hydroxyl groups excluding tert-OH is 1. The number of anilines is 1. The number of nitrogens with zero attached hydrogens (tertiary/aromatic N) is 2. The molecule has 17 heavy (non-hydrogen) atoms. The van der Waals surface area contributed by atoms with Gasteiger partial charge in [0.05, 0.1) is 13.2 Å². The van der Waals surface area contributed by atoms with Crippen LogP contribution >= 0.6 is 0 Å². The van der Waals surface area contributed by atoms with E-state index >= 15 is 0 Å². The lowest BCUT2D eigenvalue weighted by molar-refractivity contribution is -0.121. The van der Waals surface area contributed by atoms with E-state index in [0.717, 1.165) is 0 Å². The Bertz CT molecular complexity index is 340. The minimum atomic E-state index is -0.116. The Morgan fingerprint density at radius 1 is 1.59 bits per heavy atom. The Labute approximate surface area is 99.6 Å². The Kier molecular flexibility index (Phi) is 6.05. The highest BCUT2D eigenvalue weighted by Gasteiger charge is 2.02. The molecule has 0 radical (unpaired) electrons. The topological polar surface area (TPSA) is 102 Å². The quantitative estimate of drug-likeness (QED) is 0.506. The molecule has 1 amide bonds. The summed E-state index contributed by atoms with van der Waals surface area (Å²) in [6.07, 6.45) is 2.37. The van der Waals surface area contributed by atoms with Crippen LogP contribution in [-0.2, 0) is 16.1 Å². The minimum absolute atomic E-state index is 0.0209. The molecule has 0 spiro atoms. The summed E-state index contributed by atoms with van der Waals surface area (Å²) in [5, 5.41) is 15.1. The highest BCUT2D eigenvalue weighted by atomic mass is 16.5. The van der Waals surface area contributed by atoms with Crippen molar-refractivity contribution in [2.24, 2.45) is 0 Å². The van der Waals surface area contributed by atoms with Gasteiger partial charge in [0.2, 0.25) is 5.91 Å². The molecule has 1 heterocycles. The van der Waals surface area contributed by atoms with Gasteiger partial charge in [-0.15, -0.1) is 0 Å². The van der Waals surface area contributed by atoms with Crippen molar-refractivity contribution in [2.75, 3.05) is 32.1 Å². The fourth-order valence-corrected chi connectivity index (χ4v) is 1.24. The monoisotopic (exact) mass is 242 g/mol. The number of amides is 1. The first-order valence-corrected chi connectivity index (χ1v) is 5.46. The average Bonchev–Trinajstić information content (AvgIpc) is 2.69.